The molecule has 0 unspecified atom stereocenters. The lowest BCUT2D eigenvalue weighted by molar-refractivity contribution is -0.139. The van der Waals surface area contributed by atoms with Crippen molar-refractivity contribution in [1.29, 1.82) is 0 Å². The zero-order chi connectivity index (χ0) is 20.8. The van der Waals surface area contributed by atoms with Crippen molar-refractivity contribution in [2.45, 2.75) is 39.3 Å². The van der Waals surface area contributed by atoms with E-state index < -0.39 is 6.04 Å². The maximum atomic E-state index is 12.8. The largest absolute Gasteiger partial charge is 0.463 e. The molecule has 29 heavy (non-hydrogen) atoms. The Morgan fingerprint density at radius 1 is 1.17 bits per heavy atom. The summed E-state index contributed by atoms with van der Waals surface area (Å²) in [5, 5.41) is 5.75. The highest BCUT2D eigenvalue weighted by molar-refractivity contribution is 5.95. The first-order valence-electron chi connectivity index (χ1n) is 10.5. The van der Waals surface area contributed by atoms with E-state index in [0.29, 0.717) is 30.5 Å². The van der Waals surface area contributed by atoms with E-state index in [1.807, 2.05) is 30.3 Å². The summed E-state index contributed by atoms with van der Waals surface area (Å²) in [6.45, 7) is 10.9. The van der Waals surface area contributed by atoms with Crippen LogP contribution in [0.15, 0.2) is 41.6 Å². The van der Waals surface area contributed by atoms with E-state index >= 15 is 0 Å². The summed E-state index contributed by atoms with van der Waals surface area (Å²) in [7, 11) is 0. The predicted octanol–water partition coefficient (Wildman–Crippen LogP) is 2.27. The molecular formula is C22H32N4O3. The van der Waals surface area contributed by atoms with Gasteiger partial charge in [0.1, 0.15) is 0 Å². The molecule has 158 valence electrons. The number of hydrogen-bond donors (Lipinski definition) is 2. The van der Waals surface area contributed by atoms with Crippen molar-refractivity contribution >= 4 is 12.0 Å². The third-order valence-corrected chi connectivity index (χ3v) is 5.78. The first-order chi connectivity index (χ1) is 14.0. The number of carbonyl (C=O) groups is 2. The Balaban J connectivity index is 1.83. The molecule has 1 saturated heterocycles. The number of carbonyl (C=O) groups excluding carboxylic acids is 2. The van der Waals surface area contributed by atoms with Crippen LogP contribution in [0.3, 0.4) is 0 Å². The zero-order valence-electron chi connectivity index (χ0n) is 17.6. The molecule has 0 radical (unpaired) electrons. The van der Waals surface area contributed by atoms with E-state index in [9.17, 15) is 9.59 Å². The van der Waals surface area contributed by atoms with Gasteiger partial charge >= 0.3 is 12.0 Å². The van der Waals surface area contributed by atoms with Crippen LogP contribution in [0.25, 0.3) is 0 Å². The van der Waals surface area contributed by atoms with Crippen LogP contribution in [0.2, 0.25) is 0 Å². The molecule has 1 aromatic rings. The Morgan fingerprint density at radius 3 is 2.48 bits per heavy atom. The summed E-state index contributed by atoms with van der Waals surface area (Å²) < 4.78 is 5.34. The molecule has 0 bridgehead atoms. The highest BCUT2D eigenvalue weighted by Crippen LogP contribution is 2.28. The van der Waals surface area contributed by atoms with Gasteiger partial charge in [-0.25, -0.2) is 9.59 Å². The van der Waals surface area contributed by atoms with Gasteiger partial charge in [0.15, 0.2) is 0 Å². The van der Waals surface area contributed by atoms with Crippen LogP contribution >= 0.6 is 0 Å². The highest BCUT2D eigenvalue weighted by atomic mass is 16.5. The fraction of sp³-hybridized carbons (Fsp3) is 0.545. The fourth-order valence-electron chi connectivity index (χ4n) is 3.93. The van der Waals surface area contributed by atoms with Crippen LogP contribution in [0.4, 0.5) is 4.79 Å². The first kappa shape index (κ1) is 21.3. The van der Waals surface area contributed by atoms with E-state index in [1.54, 1.807) is 6.92 Å². The van der Waals surface area contributed by atoms with Crippen LogP contribution in [0.5, 0.6) is 0 Å². The van der Waals surface area contributed by atoms with Gasteiger partial charge in [-0.3, -0.25) is 9.80 Å². The molecule has 7 nitrogen and oxygen atoms in total. The van der Waals surface area contributed by atoms with Crippen molar-refractivity contribution in [1.82, 2.24) is 20.4 Å². The Labute approximate surface area is 173 Å². The summed E-state index contributed by atoms with van der Waals surface area (Å²) in [4.78, 5) is 30.0. The Hall–Kier alpha value is -2.38. The normalized spacial score (nSPS) is 22.0. The molecule has 0 saturated carbocycles. The molecule has 2 heterocycles. The minimum atomic E-state index is -0.514. The van der Waals surface area contributed by atoms with Gasteiger partial charge in [-0.2, -0.15) is 0 Å². The second kappa shape index (κ2) is 9.89. The topological polar surface area (TPSA) is 73.9 Å². The summed E-state index contributed by atoms with van der Waals surface area (Å²) >= 11 is 0. The number of hydrogen-bond acceptors (Lipinski definition) is 5. The number of esters is 1. The quantitative estimate of drug-likeness (QED) is 0.687. The van der Waals surface area contributed by atoms with Gasteiger partial charge in [0.05, 0.1) is 18.2 Å². The maximum Gasteiger partial charge on any atom is 0.338 e. The minimum absolute atomic E-state index is 0.290. The summed E-state index contributed by atoms with van der Waals surface area (Å²) in [6, 6.07) is 9.32. The Morgan fingerprint density at radius 2 is 1.86 bits per heavy atom. The lowest BCUT2D eigenvalue weighted by Crippen LogP contribution is -2.53. The Kier molecular flexibility index (Phi) is 7.28. The fourth-order valence-corrected chi connectivity index (χ4v) is 3.93. The number of rotatable bonds is 7. The van der Waals surface area contributed by atoms with Crippen LogP contribution < -0.4 is 10.6 Å². The second-order valence-corrected chi connectivity index (χ2v) is 7.62. The van der Waals surface area contributed by atoms with Gasteiger partial charge in [-0.1, -0.05) is 37.3 Å². The smallest absolute Gasteiger partial charge is 0.338 e. The van der Waals surface area contributed by atoms with Gasteiger partial charge in [-0.05, 0) is 25.8 Å². The average Bonchev–Trinajstić information content (AvgIpc) is 2.74. The van der Waals surface area contributed by atoms with E-state index in [2.05, 4.69) is 34.3 Å². The number of urea groups is 1. The molecule has 3 rings (SSSR count). The highest BCUT2D eigenvalue weighted by Gasteiger charge is 2.34. The minimum Gasteiger partial charge on any atom is -0.463 e. The zero-order valence-corrected chi connectivity index (χ0v) is 17.6. The van der Waals surface area contributed by atoms with Crippen molar-refractivity contribution in [3.63, 3.8) is 0 Å². The predicted molar refractivity (Wildman–Crippen MR) is 112 cm³/mol. The number of amides is 2. The van der Waals surface area contributed by atoms with Crippen molar-refractivity contribution in [2.75, 3.05) is 39.3 Å². The van der Waals surface area contributed by atoms with Crippen molar-refractivity contribution in [3.05, 3.63) is 47.2 Å². The number of nitrogens with zero attached hydrogens (tertiary/aromatic N) is 2. The van der Waals surface area contributed by atoms with Gasteiger partial charge in [0.2, 0.25) is 0 Å². The third kappa shape index (κ3) is 5.16. The summed E-state index contributed by atoms with van der Waals surface area (Å²) in [5.74, 6) is -0.387. The maximum absolute atomic E-state index is 12.8. The van der Waals surface area contributed by atoms with E-state index in [1.165, 1.54) is 0 Å². The van der Waals surface area contributed by atoms with Crippen LogP contribution in [0, 0.1) is 0 Å². The van der Waals surface area contributed by atoms with Crippen LogP contribution in [-0.4, -0.2) is 67.2 Å². The molecule has 0 aromatic heterocycles. The number of piperazine rings is 1. The SMILES string of the molecule is CCOC(=O)C1=C(CN2CCN([C@H](C)CC)CC2)NC(=O)N[C@H]1c1ccccc1. The molecule has 1 aromatic carbocycles. The van der Waals surface area contributed by atoms with Crippen molar-refractivity contribution in [2.24, 2.45) is 0 Å². The monoisotopic (exact) mass is 400 g/mol. The lowest BCUT2D eigenvalue weighted by atomic mass is 9.95. The molecule has 1 fully saturated rings. The van der Waals surface area contributed by atoms with Crippen LogP contribution in [-0.2, 0) is 9.53 Å². The molecule has 2 N–H and O–H groups in total. The van der Waals surface area contributed by atoms with Gasteiger partial charge in [0, 0.05) is 44.5 Å². The van der Waals surface area contributed by atoms with Gasteiger partial charge < -0.3 is 15.4 Å². The lowest BCUT2D eigenvalue weighted by Gasteiger charge is -2.39. The number of ether oxygens (including phenoxy) is 1. The standard InChI is InChI=1S/C22H32N4O3/c1-4-16(3)26-13-11-25(12-14-26)15-18-19(21(27)29-5-2)20(24-22(28)23-18)17-9-7-6-8-10-17/h6-10,16,20H,4-5,11-15H2,1-3H3,(H2,23,24,28)/t16-,20+/m1/s1. The summed E-state index contributed by atoms with van der Waals surface area (Å²) in [5.41, 5.74) is 1.99. The number of benzene rings is 1. The molecule has 2 aliphatic heterocycles. The molecule has 2 atom stereocenters. The average molecular weight is 401 g/mol. The van der Waals surface area contributed by atoms with Crippen molar-refractivity contribution in [3.8, 4) is 0 Å². The van der Waals surface area contributed by atoms with Gasteiger partial charge in [-0.15, -0.1) is 0 Å². The number of nitrogens with one attached hydrogen (secondary N) is 2. The molecule has 2 amide bonds. The molecular weight excluding hydrogens is 368 g/mol. The third-order valence-electron chi connectivity index (χ3n) is 5.78. The molecule has 2 aliphatic rings. The van der Waals surface area contributed by atoms with Crippen LogP contribution in [0.1, 0.15) is 38.8 Å². The molecule has 0 spiro atoms. The molecule has 7 heteroatoms. The first-order valence-corrected chi connectivity index (χ1v) is 10.5. The van der Waals surface area contributed by atoms with Gasteiger partial charge in [0.25, 0.3) is 0 Å². The summed E-state index contributed by atoms with van der Waals surface area (Å²) in [6.07, 6.45) is 1.14. The molecule has 0 aliphatic carbocycles. The Bertz CT molecular complexity index is 742. The van der Waals surface area contributed by atoms with Crippen molar-refractivity contribution < 1.29 is 14.3 Å². The van der Waals surface area contributed by atoms with E-state index in [-0.39, 0.29) is 12.0 Å². The second-order valence-electron chi connectivity index (χ2n) is 7.62. The van der Waals surface area contributed by atoms with E-state index in [0.717, 1.165) is 38.2 Å². The van der Waals surface area contributed by atoms with E-state index in [4.69, 9.17) is 4.74 Å².